The van der Waals surface area contributed by atoms with Gasteiger partial charge < -0.3 is 25.3 Å². The second kappa shape index (κ2) is 11.1. The summed E-state index contributed by atoms with van der Waals surface area (Å²) >= 11 is 0. The lowest BCUT2D eigenvalue weighted by Crippen LogP contribution is -2.38. The fraction of sp³-hybridized carbons (Fsp3) is 0.103. The third-order valence-electron chi connectivity index (χ3n) is 6.21. The van der Waals surface area contributed by atoms with Crippen LogP contribution in [0.25, 0.3) is 17.0 Å². The minimum absolute atomic E-state index is 0.00578. The smallest absolute Gasteiger partial charge is 0.329 e. The summed E-state index contributed by atoms with van der Waals surface area (Å²) in [5.41, 5.74) is 2.18. The zero-order valence-electron chi connectivity index (χ0n) is 21.3. The third kappa shape index (κ3) is 5.53. The van der Waals surface area contributed by atoms with Crippen LogP contribution in [0.5, 0.6) is 5.75 Å². The zero-order chi connectivity index (χ0) is 28.2. The molecule has 5 rings (SSSR count). The topological polar surface area (TPSA) is 122 Å². The Labute approximate surface area is 228 Å². The first-order valence-electron chi connectivity index (χ1n) is 12.2. The fourth-order valence-corrected chi connectivity index (χ4v) is 4.36. The lowest BCUT2D eigenvalue weighted by molar-refractivity contribution is -0.127. The Balaban J connectivity index is 1.33. The predicted octanol–water partition coefficient (Wildman–Crippen LogP) is 3.96. The highest BCUT2D eigenvalue weighted by atomic mass is 19.1. The number of methoxy groups -OCH3 is 1. The van der Waals surface area contributed by atoms with Gasteiger partial charge in [0, 0.05) is 28.4 Å². The van der Waals surface area contributed by atoms with Crippen molar-refractivity contribution in [1.29, 1.82) is 0 Å². The number of fused-ring (bicyclic) bond motifs is 1. The molecule has 3 N–H and O–H groups in total. The maximum absolute atomic E-state index is 13.2. The molecule has 10 nitrogen and oxygen atoms in total. The molecule has 40 heavy (non-hydrogen) atoms. The van der Waals surface area contributed by atoms with Gasteiger partial charge in [-0.2, -0.15) is 0 Å². The average Bonchev–Trinajstić information content (AvgIpc) is 3.41. The van der Waals surface area contributed by atoms with Crippen molar-refractivity contribution in [2.45, 2.75) is 6.54 Å². The Morgan fingerprint density at radius 2 is 1.62 bits per heavy atom. The lowest BCUT2D eigenvalue weighted by atomic mass is 10.1. The lowest BCUT2D eigenvalue weighted by Gasteiger charge is -2.13. The second-order valence-corrected chi connectivity index (χ2v) is 8.91. The van der Waals surface area contributed by atoms with E-state index in [1.54, 1.807) is 35.0 Å². The molecule has 0 bridgehead atoms. The number of hydrogen-bond acceptors (Lipinski definition) is 5. The van der Waals surface area contributed by atoms with Crippen molar-refractivity contribution in [3.05, 3.63) is 96.1 Å². The molecule has 4 aromatic rings. The molecule has 0 spiro atoms. The molecule has 0 atom stereocenters. The van der Waals surface area contributed by atoms with Gasteiger partial charge in [-0.25, -0.2) is 14.1 Å². The number of hydrogen-bond donors (Lipinski definition) is 3. The van der Waals surface area contributed by atoms with E-state index in [1.165, 1.54) is 37.5 Å². The summed E-state index contributed by atoms with van der Waals surface area (Å²) in [4.78, 5) is 51.7. The van der Waals surface area contributed by atoms with Crippen LogP contribution in [-0.4, -0.2) is 46.9 Å². The molecule has 2 heterocycles. The molecule has 0 radical (unpaired) electrons. The van der Waals surface area contributed by atoms with E-state index < -0.39 is 30.2 Å². The number of carbonyl (C=O) groups is 4. The molecule has 0 aliphatic carbocycles. The van der Waals surface area contributed by atoms with Gasteiger partial charge in [0.15, 0.2) is 0 Å². The fourth-order valence-electron chi connectivity index (χ4n) is 4.36. The monoisotopic (exact) mass is 541 g/mol. The highest BCUT2D eigenvalue weighted by Crippen LogP contribution is 2.26. The molecule has 5 amide bonds. The molecule has 1 fully saturated rings. The van der Waals surface area contributed by atoms with Crippen molar-refractivity contribution in [2.24, 2.45) is 0 Å². The van der Waals surface area contributed by atoms with Crippen LogP contribution in [0, 0.1) is 5.82 Å². The number of benzene rings is 3. The first-order valence-corrected chi connectivity index (χ1v) is 12.2. The van der Waals surface area contributed by atoms with E-state index in [0.29, 0.717) is 22.7 Å². The van der Waals surface area contributed by atoms with Crippen molar-refractivity contribution >= 4 is 52.1 Å². The Morgan fingerprint density at radius 1 is 0.925 bits per heavy atom. The summed E-state index contributed by atoms with van der Waals surface area (Å²) in [6.07, 6.45) is 3.20. The summed E-state index contributed by atoms with van der Waals surface area (Å²) in [5.74, 6) is -1.53. The van der Waals surface area contributed by atoms with E-state index in [-0.39, 0.29) is 18.1 Å². The van der Waals surface area contributed by atoms with Gasteiger partial charge in [0.1, 0.15) is 30.4 Å². The Kier molecular flexibility index (Phi) is 7.27. The number of halogens is 1. The number of rotatable bonds is 8. The third-order valence-corrected chi connectivity index (χ3v) is 6.21. The van der Waals surface area contributed by atoms with E-state index in [1.807, 2.05) is 24.3 Å². The number of urea groups is 1. The standard InChI is InChI=1S/C29H24FN5O5/c1-40-25-9-5-3-7-22(25)32-27(37)17-35-28(38)23(33-29(35)39)14-18-15-34(24-8-4-2-6-21(18)24)16-26(36)31-20-12-10-19(30)11-13-20/h2-15H,16-17H2,1H3,(H,31,36)(H,32,37)(H,33,39)/b23-14+. The minimum atomic E-state index is -0.728. The van der Waals surface area contributed by atoms with Crippen LogP contribution in [0.15, 0.2) is 84.7 Å². The van der Waals surface area contributed by atoms with E-state index in [9.17, 15) is 23.6 Å². The molecule has 1 aliphatic heterocycles. The molecule has 202 valence electrons. The van der Waals surface area contributed by atoms with E-state index in [4.69, 9.17) is 4.74 Å². The van der Waals surface area contributed by atoms with Crippen LogP contribution < -0.4 is 20.7 Å². The quantitative estimate of drug-likeness (QED) is 0.230. The van der Waals surface area contributed by atoms with Crippen molar-refractivity contribution in [3.63, 3.8) is 0 Å². The molecule has 1 aliphatic rings. The summed E-state index contributed by atoms with van der Waals surface area (Å²) < 4.78 is 20.1. The normalized spacial score (nSPS) is 13.9. The first-order chi connectivity index (χ1) is 19.3. The van der Waals surface area contributed by atoms with Gasteiger partial charge in [0.2, 0.25) is 11.8 Å². The Morgan fingerprint density at radius 3 is 2.40 bits per heavy atom. The maximum Gasteiger partial charge on any atom is 0.329 e. The second-order valence-electron chi connectivity index (χ2n) is 8.91. The van der Waals surface area contributed by atoms with Gasteiger partial charge in [-0.3, -0.25) is 14.4 Å². The highest BCUT2D eigenvalue weighted by molar-refractivity contribution is 6.16. The van der Waals surface area contributed by atoms with Crippen molar-refractivity contribution in [2.75, 3.05) is 24.3 Å². The number of nitrogens with zero attached hydrogens (tertiary/aromatic N) is 2. The van der Waals surface area contributed by atoms with Gasteiger partial charge in [-0.05, 0) is 48.5 Å². The minimum Gasteiger partial charge on any atom is -0.495 e. The van der Waals surface area contributed by atoms with Crippen molar-refractivity contribution < 1.29 is 28.3 Å². The molecule has 0 unspecified atom stereocenters. The Hall–Kier alpha value is -5.45. The molecule has 1 saturated heterocycles. The molecule has 1 aromatic heterocycles. The van der Waals surface area contributed by atoms with Gasteiger partial charge in [0.25, 0.3) is 5.91 Å². The number of anilines is 2. The van der Waals surface area contributed by atoms with E-state index >= 15 is 0 Å². The molecular formula is C29H24FN5O5. The highest BCUT2D eigenvalue weighted by Gasteiger charge is 2.35. The Bertz CT molecular complexity index is 1660. The van der Waals surface area contributed by atoms with E-state index in [0.717, 1.165) is 15.8 Å². The average molecular weight is 542 g/mol. The SMILES string of the molecule is COc1ccccc1NC(=O)CN1C(=O)N/C(=C/c2cn(CC(=O)Nc3ccc(F)cc3)c3ccccc23)C1=O. The summed E-state index contributed by atoms with van der Waals surface area (Å²) in [6, 6.07) is 18.8. The number of imide groups is 1. The van der Waals surface area contributed by atoms with Crippen LogP contribution >= 0.6 is 0 Å². The number of ether oxygens (including phenoxy) is 1. The summed E-state index contributed by atoms with van der Waals surface area (Å²) in [5, 5.41) is 8.63. The van der Waals surface area contributed by atoms with Gasteiger partial charge in [-0.15, -0.1) is 0 Å². The van der Waals surface area contributed by atoms with Gasteiger partial charge in [-0.1, -0.05) is 30.3 Å². The van der Waals surface area contributed by atoms with Crippen molar-refractivity contribution in [3.8, 4) is 5.75 Å². The molecule has 0 saturated carbocycles. The van der Waals surface area contributed by atoms with Gasteiger partial charge >= 0.3 is 6.03 Å². The molecular weight excluding hydrogens is 517 g/mol. The number of amides is 5. The predicted molar refractivity (Wildman–Crippen MR) is 147 cm³/mol. The number of aromatic nitrogens is 1. The largest absolute Gasteiger partial charge is 0.495 e. The number of nitrogens with one attached hydrogen (secondary N) is 3. The zero-order valence-corrected chi connectivity index (χ0v) is 21.3. The summed E-state index contributed by atoms with van der Waals surface area (Å²) in [7, 11) is 1.47. The van der Waals surface area contributed by atoms with Crippen LogP contribution in [0.3, 0.4) is 0 Å². The van der Waals surface area contributed by atoms with Crippen LogP contribution in [0.4, 0.5) is 20.6 Å². The van der Waals surface area contributed by atoms with Crippen LogP contribution in [-0.2, 0) is 20.9 Å². The molecule has 3 aromatic carbocycles. The number of carbonyl (C=O) groups excluding carboxylic acids is 4. The maximum atomic E-state index is 13.2. The van der Waals surface area contributed by atoms with E-state index in [2.05, 4.69) is 16.0 Å². The van der Waals surface area contributed by atoms with Crippen LogP contribution in [0.1, 0.15) is 5.56 Å². The first kappa shape index (κ1) is 26.2. The van der Waals surface area contributed by atoms with Crippen LogP contribution in [0.2, 0.25) is 0 Å². The molecule has 11 heteroatoms. The number of para-hydroxylation sites is 3. The summed E-state index contributed by atoms with van der Waals surface area (Å²) in [6.45, 7) is -0.540. The van der Waals surface area contributed by atoms with Gasteiger partial charge in [0.05, 0.1) is 12.8 Å². The van der Waals surface area contributed by atoms with Crippen molar-refractivity contribution in [1.82, 2.24) is 14.8 Å².